The van der Waals surface area contributed by atoms with Crippen molar-refractivity contribution in [1.29, 1.82) is 0 Å². The monoisotopic (exact) mass is 485 g/mol. The number of hydrogen-bond acceptors (Lipinski definition) is 4. The van der Waals surface area contributed by atoms with Crippen LogP contribution in [0.2, 0.25) is 0 Å². The number of unbranched alkanes of at least 4 members (excludes halogenated alkanes) is 1. The van der Waals surface area contributed by atoms with Gasteiger partial charge in [0.15, 0.2) is 0 Å². The molecule has 2 aromatic carbocycles. The lowest BCUT2D eigenvalue weighted by Gasteiger charge is -2.14. The lowest BCUT2D eigenvalue weighted by Crippen LogP contribution is -2.43. The minimum absolute atomic E-state index is 0.0893. The van der Waals surface area contributed by atoms with E-state index >= 15 is 0 Å². The second-order valence-corrected chi connectivity index (χ2v) is 7.94. The normalized spacial score (nSPS) is 10.7. The van der Waals surface area contributed by atoms with Gasteiger partial charge in [-0.05, 0) is 36.2 Å². The molecule has 8 heteroatoms. The Kier molecular flexibility index (Phi) is 7.46. The van der Waals surface area contributed by atoms with E-state index in [0.29, 0.717) is 18.0 Å². The van der Waals surface area contributed by atoms with Crippen molar-refractivity contribution < 1.29 is 9.53 Å². The van der Waals surface area contributed by atoms with Gasteiger partial charge in [0.2, 0.25) is 0 Å². The zero-order chi connectivity index (χ0) is 22.4. The number of methoxy groups -OCH3 is 1. The molecule has 1 N–H and O–H groups in total. The number of amides is 1. The van der Waals surface area contributed by atoms with Crippen molar-refractivity contribution in [2.45, 2.75) is 32.9 Å². The second kappa shape index (κ2) is 10.3. The van der Waals surface area contributed by atoms with Crippen LogP contribution in [0.25, 0.3) is 5.69 Å². The molecule has 0 atom stereocenters. The first-order valence-corrected chi connectivity index (χ1v) is 10.8. The van der Waals surface area contributed by atoms with Crippen LogP contribution in [-0.2, 0) is 13.1 Å². The second-order valence-electron chi connectivity index (χ2n) is 7.03. The molecule has 0 saturated carbocycles. The van der Waals surface area contributed by atoms with E-state index in [1.165, 1.54) is 17.9 Å². The van der Waals surface area contributed by atoms with Crippen molar-refractivity contribution in [3.63, 3.8) is 0 Å². The topological polar surface area (TPSA) is 82.3 Å². The third-order valence-corrected chi connectivity index (χ3v) is 5.30. The molecular formula is C23H24BrN3O4. The number of hydrogen-bond donors (Lipinski definition) is 1. The molecule has 0 aliphatic heterocycles. The molecular weight excluding hydrogens is 462 g/mol. The molecule has 162 valence electrons. The molecule has 0 aliphatic rings. The Morgan fingerprint density at radius 2 is 1.90 bits per heavy atom. The third-order valence-electron chi connectivity index (χ3n) is 4.81. The summed E-state index contributed by atoms with van der Waals surface area (Å²) in [7, 11) is 1.51. The summed E-state index contributed by atoms with van der Waals surface area (Å²) in [6.45, 7) is 2.67. The number of ether oxygens (including phenoxy) is 1. The smallest absolute Gasteiger partial charge is 0.335 e. The van der Waals surface area contributed by atoms with E-state index in [4.69, 9.17) is 4.74 Å². The number of carbonyl (C=O) groups excluding carboxylic acids is 1. The Labute approximate surface area is 188 Å². The Hall–Kier alpha value is -3.13. The van der Waals surface area contributed by atoms with Crippen molar-refractivity contribution in [3.8, 4) is 11.4 Å². The maximum Gasteiger partial charge on any atom is 0.335 e. The maximum atomic E-state index is 13.2. The van der Waals surface area contributed by atoms with Gasteiger partial charge in [0, 0.05) is 29.8 Å². The standard InChI is InChI=1S/C23H24BrN3O4/c1-3-4-11-26-15-20(21(28)25-14-16-7-5-8-17(24)12-16)22(29)27(23(26)30)18-9-6-10-19(13-18)31-2/h5-10,12-13,15H,3-4,11,14H2,1-2H3,(H,25,28). The summed E-state index contributed by atoms with van der Waals surface area (Å²) in [6, 6.07) is 14.2. The van der Waals surface area contributed by atoms with Gasteiger partial charge < -0.3 is 10.1 Å². The summed E-state index contributed by atoms with van der Waals surface area (Å²) in [4.78, 5) is 39.1. The lowest BCUT2D eigenvalue weighted by molar-refractivity contribution is 0.0948. The zero-order valence-electron chi connectivity index (χ0n) is 17.4. The highest BCUT2D eigenvalue weighted by Crippen LogP contribution is 2.14. The van der Waals surface area contributed by atoms with Crippen LogP contribution in [0.5, 0.6) is 5.75 Å². The maximum absolute atomic E-state index is 13.2. The van der Waals surface area contributed by atoms with Crippen molar-refractivity contribution in [2.75, 3.05) is 7.11 Å². The minimum Gasteiger partial charge on any atom is -0.497 e. The van der Waals surface area contributed by atoms with Crippen molar-refractivity contribution >= 4 is 21.8 Å². The van der Waals surface area contributed by atoms with E-state index in [0.717, 1.165) is 27.4 Å². The largest absolute Gasteiger partial charge is 0.497 e. The fraction of sp³-hybridized carbons (Fsp3) is 0.261. The van der Waals surface area contributed by atoms with Crippen LogP contribution < -0.4 is 21.3 Å². The quantitative estimate of drug-likeness (QED) is 0.529. The van der Waals surface area contributed by atoms with Gasteiger partial charge in [-0.2, -0.15) is 0 Å². The van der Waals surface area contributed by atoms with Crippen molar-refractivity contribution in [1.82, 2.24) is 14.5 Å². The summed E-state index contributed by atoms with van der Waals surface area (Å²) in [6.07, 6.45) is 2.97. The average molecular weight is 486 g/mol. The number of aromatic nitrogens is 2. The average Bonchev–Trinajstić information content (AvgIpc) is 2.77. The first kappa shape index (κ1) is 22.6. The predicted molar refractivity (Wildman–Crippen MR) is 123 cm³/mol. The van der Waals surface area contributed by atoms with E-state index in [1.54, 1.807) is 24.3 Å². The van der Waals surface area contributed by atoms with Gasteiger partial charge in [-0.15, -0.1) is 0 Å². The SMILES string of the molecule is CCCCn1cc(C(=O)NCc2cccc(Br)c2)c(=O)n(-c2cccc(OC)c2)c1=O. The van der Waals surface area contributed by atoms with Crippen LogP contribution in [0.4, 0.5) is 0 Å². The molecule has 3 rings (SSSR count). The summed E-state index contributed by atoms with van der Waals surface area (Å²) in [5, 5.41) is 2.77. The Morgan fingerprint density at radius 1 is 1.13 bits per heavy atom. The zero-order valence-corrected chi connectivity index (χ0v) is 19.0. The van der Waals surface area contributed by atoms with Crippen LogP contribution >= 0.6 is 15.9 Å². The van der Waals surface area contributed by atoms with Gasteiger partial charge in [-0.3, -0.25) is 14.2 Å². The lowest BCUT2D eigenvalue weighted by atomic mass is 10.2. The number of carbonyl (C=O) groups is 1. The molecule has 7 nitrogen and oxygen atoms in total. The van der Waals surface area contributed by atoms with Crippen LogP contribution in [0, 0.1) is 0 Å². The third kappa shape index (κ3) is 5.32. The molecule has 1 heterocycles. The first-order valence-electron chi connectivity index (χ1n) is 9.98. The van der Waals surface area contributed by atoms with E-state index in [1.807, 2.05) is 31.2 Å². The van der Waals surface area contributed by atoms with Gasteiger partial charge in [0.1, 0.15) is 11.3 Å². The number of rotatable bonds is 8. The fourth-order valence-corrected chi connectivity index (χ4v) is 3.59. The van der Waals surface area contributed by atoms with Gasteiger partial charge in [0.05, 0.1) is 12.8 Å². The molecule has 0 spiro atoms. The van der Waals surface area contributed by atoms with Gasteiger partial charge in [-0.1, -0.05) is 47.5 Å². The van der Waals surface area contributed by atoms with Crippen LogP contribution in [0.1, 0.15) is 35.7 Å². The van der Waals surface area contributed by atoms with Crippen molar-refractivity contribution in [2.24, 2.45) is 0 Å². The molecule has 0 bridgehead atoms. The molecule has 1 aromatic heterocycles. The molecule has 0 radical (unpaired) electrons. The molecule has 31 heavy (non-hydrogen) atoms. The summed E-state index contributed by atoms with van der Waals surface area (Å²) < 4.78 is 8.55. The van der Waals surface area contributed by atoms with Crippen molar-refractivity contribution in [3.05, 3.63) is 91.2 Å². The number of nitrogens with one attached hydrogen (secondary N) is 1. The van der Waals surface area contributed by atoms with Gasteiger partial charge in [-0.25, -0.2) is 9.36 Å². The highest BCUT2D eigenvalue weighted by atomic mass is 79.9. The summed E-state index contributed by atoms with van der Waals surface area (Å²) in [5.74, 6) is -0.0275. The number of aryl methyl sites for hydroxylation is 1. The molecule has 1 amide bonds. The fourth-order valence-electron chi connectivity index (χ4n) is 3.15. The molecule has 0 saturated heterocycles. The molecule has 0 fully saturated rings. The first-order chi connectivity index (χ1) is 14.9. The Morgan fingerprint density at radius 3 is 2.61 bits per heavy atom. The number of benzene rings is 2. The Balaban J connectivity index is 2.03. The summed E-state index contributed by atoms with van der Waals surface area (Å²) in [5.41, 5.74) is -0.0158. The number of halogens is 1. The highest BCUT2D eigenvalue weighted by molar-refractivity contribution is 9.10. The number of nitrogens with zero attached hydrogens (tertiary/aromatic N) is 2. The Bertz CT molecular complexity index is 1200. The molecule has 0 aliphatic carbocycles. The van der Waals surface area contributed by atoms with E-state index in [-0.39, 0.29) is 12.1 Å². The predicted octanol–water partition coefficient (Wildman–Crippen LogP) is 3.50. The molecule has 0 unspecified atom stereocenters. The summed E-state index contributed by atoms with van der Waals surface area (Å²) >= 11 is 3.40. The van der Waals surface area contributed by atoms with E-state index < -0.39 is 17.2 Å². The van der Waals surface area contributed by atoms with Gasteiger partial charge in [0.25, 0.3) is 11.5 Å². The van der Waals surface area contributed by atoms with E-state index in [2.05, 4.69) is 21.2 Å². The minimum atomic E-state index is -0.669. The van der Waals surface area contributed by atoms with Crippen LogP contribution in [0.3, 0.4) is 0 Å². The van der Waals surface area contributed by atoms with Crippen LogP contribution in [-0.4, -0.2) is 22.2 Å². The highest BCUT2D eigenvalue weighted by Gasteiger charge is 2.18. The van der Waals surface area contributed by atoms with Crippen LogP contribution in [0.15, 0.2) is 68.8 Å². The van der Waals surface area contributed by atoms with Gasteiger partial charge >= 0.3 is 5.69 Å². The van der Waals surface area contributed by atoms with E-state index in [9.17, 15) is 14.4 Å². The molecule has 3 aromatic rings.